The van der Waals surface area contributed by atoms with Gasteiger partial charge in [-0.1, -0.05) is 11.6 Å². The summed E-state index contributed by atoms with van der Waals surface area (Å²) in [6.07, 6.45) is 8.70. The SMILES string of the molecule is O=C(O)C1CCCN1C(=O)Nc1sc2c(c1-c1nc(C3CC3)no1)CCCCC2. The normalized spacial score (nSPS) is 21.7. The molecule has 154 valence electrons. The molecule has 8 nitrogen and oxygen atoms in total. The number of anilines is 1. The molecule has 2 aliphatic carbocycles. The first-order valence-electron chi connectivity index (χ1n) is 10.4. The summed E-state index contributed by atoms with van der Waals surface area (Å²) in [6, 6.07) is -1.13. The Morgan fingerprint density at radius 2 is 1.97 bits per heavy atom. The Kier molecular flexibility index (Phi) is 4.77. The van der Waals surface area contributed by atoms with Gasteiger partial charge in [0.25, 0.3) is 5.89 Å². The number of hydrogen-bond acceptors (Lipinski definition) is 6. The van der Waals surface area contributed by atoms with Crippen LogP contribution in [-0.2, 0) is 17.6 Å². The lowest BCUT2D eigenvalue weighted by Gasteiger charge is -2.21. The monoisotopic (exact) mass is 416 g/mol. The number of urea groups is 1. The van der Waals surface area contributed by atoms with Crippen LogP contribution in [0.2, 0.25) is 0 Å². The fourth-order valence-electron chi connectivity index (χ4n) is 4.34. The Bertz CT molecular complexity index is 948. The van der Waals surface area contributed by atoms with E-state index in [1.165, 1.54) is 21.8 Å². The van der Waals surface area contributed by atoms with E-state index in [1.807, 2.05) is 0 Å². The third kappa shape index (κ3) is 3.52. The smallest absolute Gasteiger partial charge is 0.326 e. The third-order valence-corrected chi connectivity index (χ3v) is 7.25. The number of fused-ring (bicyclic) bond motifs is 1. The number of nitrogens with one attached hydrogen (secondary N) is 1. The Balaban J connectivity index is 1.48. The Labute approximate surface area is 172 Å². The van der Waals surface area contributed by atoms with Crippen molar-refractivity contribution < 1.29 is 19.2 Å². The van der Waals surface area contributed by atoms with Gasteiger partial charge in [-0.05, 0) is 56.9 Å². The summed E-state index contributed by atoms with van der Waals surface area (Å²) >= 11 is 1.57. The van der Waals surface area contributed by atoms with Gasteiger partial charge < -0.3 is 14.5 Å². The molecule has 1 unspecified atom stereocenters. The van der Waals surface area contributed by atoms with E-state index in [0.717, 1.165) is 49.9 Å². The number of aromatic nitrogens is 2. The minimum atomic E-state index is -0.953. The molecule has 2 N–H and O–H groups in total. The number of carboxylic acids is 1. The second kappa shape index (κ2) is 7.44. The molecule has 3 aliphatic rings. The van der Waals surface area contributed by atoms with Crippen LogP contribution in [-0.4, -0.2) is 44.7 Å². The molecule has 29 heavy (non-hydrogen) atoms. The van der Waals surface area contributed by atoms with Gasteiger partial charge in [0, 0.05) is 17.3 Å². The molecule has 1 aliphatic heterocycles. The molecule has 2 aromatic rings. The summed E-state index contributed by atoms with van der Waals surface area (Å²) in [7, 11) is 0. The van der Waals surface area contributed by atoms with Gasteiger partial charge in [0.1, 0.15) is 11.0 Å². The van der Waals surface area contributed by atoms with Crippen molar-refractivity contribution in [3.63, 3.8) is 0 Å². The summed E-state index contributed by atoms with van der Waals surface area (Å²) in [5.74, 6) is 0.656. The third-order valence-electron chi connectivity index (χ3n) is 6.04. The predicted molar refractivity (Wildman–Crippen MR) is 107 cm³/mol. The second-order valence-electron chi connectivity index (χ2n) is 8.12. The highest BCUT2D eigenvalue weighted by molar-refractivity contribution is 7.17. The number of hydrogen-bond donors (Lipinski definition) is 2. The molecular weight excluding hydrogens is 392 g/mol. The molecule has 1 saturated heterocycles. The zero-order valence-electron chi connectivity index (χ0n) is 16.1. The number of carbonyl (C=O) groups is 2. The van der Waals surface area contributed by atoms with Crippen LogP contribution < -0.4 is 5.32 Å². The maximum atomic E-state index is 12.9. The first-order chi connectivity index (χ1) is 14.1. The molecule has 9 heteroatoms. The maximum absolute atomic E-state index is 12.9. The van der Waals surface area contributed by atoms with Gasteiger partial charge in [0.05, 0.1) is 5.56 Å². The molecule has 5 rings (SSSR count). The number of nitrogens with zero attached hydrogens (tertiary/aromatic N) is 3. The van der Waals surface area contributed by atoms with Crippen molar-refractivity contribution in [1.82, 2.24) is 15.0 Å². The minimum absolute atomic E-state index is 0.366. The Hall–Kier alpha value is -2.42. The number of aliphatic carboxylic acids is 1. The molecule has 2 fully saturated rings. The lowest BCUT2D eigenvalue weighted by Crippen LogP contribution is -2.42. The van der Waals surface area contributed by atoms with Gasteiger partial charge in [0.15, 0.2) is 5.82 Å². The molecule has 2 aromatic heterocycles. The van der Waals surface area contributed by atoms with E-state index in [2.05, 4.69) is 15.5 Å². The van der Waals surface area contributed by atoms with Crippen molar-refractivity contribution in [2.75, 3.05) is 11.9 Å². The van der Waals surface area contributed by atoms with Gasteiger partial charge in [-0.25, -0.2) is 9.59 Å². The van der Waals surface area contributed by atoms with Crippen molar-refractivity contribution >= 4 is 28.3 Å². The van der Waals surface area contributed by atoms with Crippen molar-refractivity contribution in [3.05, 3.63) is 16.3 Å². The summed E-state index contributed by atoms with van der Waals surface area (Å²) in [5, 5.41) is 17.2. The van der Waals surface area contributed by atoms with Crippen LogP contribution in [0, 0.1) is 0 Å². The number of carboxylic acid groups (broad SMARTS) is 1. The van der Waals surface area contributed by atoms with Gasteiger partial charge in [0.2, 0.25) is 0 Å². The summed E-state index contributed by atoms with van der Waals surface area (Å²) in [6.45, 7) is 0.454. The topological polar surface area (TPSA) is 109 Å². The standard InChI is InChI=1S/C20H24N4O4S/c25-19(26)13-6-4-10-24(13)20(27)22-18-15(12-5-2-1-3-7-14(12)29-18)17-21-16(23-28-17)11-8-9-11/h11,13H,1-10H2,(H,22,27)(H,25,26). The molecule has 1 atom stereocenters. The first-order valence-corrected chi connectivity index (χ1v) is 11.2. The first kappa shape index (κ1) is 18.6. The highest BCUT2D eigenvalue weighted by atomic mass is 32.1. The van der Waals surface area contributed by atoms with Crippen LogP contribution in [0.5, 0.6) is 0 Å². The van der Waals surface area contributed by atoms with E-state index in [4.69, 9.17) is 4.52 Å². The van der Waals surface area contributed by atoms with Crippen LogP contribution >= 0.6 is 11.3 Å². The summed E-state index contributed by atoms with van der Waals surface area (Å²) in [5.41, 5.74) is 2.04. The van der Waals surface area contributed by atoms with E-state index in [9.17, 15) is 14.7 Å². The van der Waals surface area contributed by atoms with Crippen molar-refractivity contribution in [2.45, 2.75) is 69.7 Å². The number of likely N-dealkylation sites (tertiary alicyclic amines) is 1. The van der Waals surface area contributed by atoms with Crippen molar-refractivity contribution in [3.8, 4) is 11.5 Å². The molecule has 2 amide bonds. The largest absolute Gasteiger partial charge is 0.480 e. The average molecular weight is 417 g/mol. The van der Waals surface area contributed by atoms with Crippen molar-refractivity contribution in [1.29, 1.82) is 0 Å². The molecule has 0 spiro atoms. The number of aryl methyl sites for hydroxylation is 1. The van der Waals surface area contributed by atoms with Crippen LogP contribution in [0.1, 0.15) is 67.1 Å². The maximum Gasteiger partial charge on any atom is 0.326 e. The fourth-order valence-corrected chi connectivity index (χ4v) is 5.61. The number of thiophene rings is 1. The van der Waals surface area contributed by atoms with E-state index < -0.39 is 12.0 Å². The van der Waals surface area contributed by atoms with Crippen LogP contribution in [0.3, 0.4) is 0 Å². The van der Waals surface area contributed by atoms with Crippen LogP contribution in [0.15, 0.2) is 4.52 Å². The van der Waals surface area contributed by atoms with E-state index in [-0.39, 0.29) is 6.03 Å². The van der Waals surface area contributed by atoms with E-state index in [1.54, 1.807) is 11.3 Å². The lowest BCUT2D eigenvalue weighted by atomic mass is 10.1. The number of carbonyl (C=O) groups excluding carboxylic acids is 1. The van der Waals surface area contributed by atoms with Crippen molar-refractivity contribution in [2.24, 2.45) is 0 Å². The molecule has 0 radical (unpaired) electrons. The fraction of sp³-hybridized carbons (Fsp3) is 0.600. The zero-order valence-corrected chi connectivity index (χ0v) is 17.0. The molecule has 1 saturated carbocycles. The predicted octanol–water partition coefficient (Wildman–Crippen LogP) is 4.03. The van der Waals surface area contributed by atoms with Gasteiger partial charge >= 0.3 is 12.0 Å². The lowest BCUT2D eigenvalue weighted by molar-refractivity contribution is -0.141. The number of amides is 2. The average Bonchev–Trinajstić information content (AvgIpc) is 3.16. The van der Waals surface area contributed by atoms with E-state index in [0.29, 0.717) is 36.2 Å². The second-order valence-corrected chi connectivity index (χ2v) is 9.23. The zero-order chi connectivity index (χ0) is 20.0. The Morgan fingerprint density at radius 3 is 2.76 bits per heavy atom. The molecule has 0 bridgehead atoms. The van der Waals surface area contributed by atoms with Crippen LogP contribution in [0.25, 0.3) is 11.5 Å². The quantitative estimate of drug-likeness (QED) is 0.729. The van der Waals surface area contributed by atoms with Gasteiger partial charge in [-0.3, -0.25) is 5.32 Å². The molecule has 3 heterocycles. The van der Waals surface area contributed by atoms with Crippen LogP contribution in [0.4, 0.5) is 9.80 Å². The molecular formula is C20H24N4O4S. The minimum Gasteiger partial charge on any atom is -0.480 e. The summed E-state index contributed by atoms with van der Waals surface area (Å²) < 4.78 is 5.61. The Morgan fingerprint density at radius 1 is 1.14 bits per heavy atom. The highest BCUT2D eigenvalue weighted by Gasteiger charge is 2.36. The van der Waals surface area contributed by atoms with E-state index >= 15 is 0 Å². The summed E-state index contributed by atoms with van der Waals surface area (Å²) in [4.78, 5) is 31.7. The van der Waals surface area contributed by atoms with Gasteiger partial charge in [-0.15, -0.1) is 11.3 Å². The highest BCUT2D eigenvalue weighted by Crippen LogP contribution is 2.45. The van der Waals surface area contributed by atoms with Gasteiger partial charge in [-0.2, -0.15) is 4.98 Å². The number of rotatable bonds is 4. The molecule has 0 aromatic carbocycles.